The van der Waals surface area contributed by atoms with E-state index in [1.54, 1.807) is 24.3 Å². The molecule has 4 N–H and O–H groups in total. The van der Waals surface area contributed by atoms with Crippen molar-refractivity contribution in [2.45, 2.75) is 37.0 Å². The number of benzene rings is 2. The molecule has 0 aliphatic rings. The van der Waals surface area contributed by atoms with E-state index in [0.717, 1.165) is 37.8 Å². The Morgan fingerprint density at radius 1 is 0.929 bits per heavy atom. The monoisotopic (exact) mass is 429 g/mol. The molecule has 0 heterocycles. The lowest BCUT2D eigenvalue weighted by Crippen LogP contribution is -2.17. The summed E-state index contributed by atoms with van der Waals surface area (Å²) in [4.78, 5) is 12.1. The maximum Gasteiger partial charge on any atom is 0.261 e. The lowest BCUT2D eigenvalue weighted by atomic mass is 10.1. The molecule has 2 aromatic carbocycles. The van der Waals surface area contributed by atoms with Gasteiger partial charge in [-0.05, 0) is 55.8 Å². The zero-order valence-electron chi connectivity index (χ0n) is 15.4. The molecule has 0 aromatic heterocycles. The Morgan fingerprint density at radius 3 is 2.18 bits per heavy atom. The molecule has 2 rings (SSSR count). The van der Waals surface area contributed by atoms with Crippen LogP contribution in [0.4, 0.5) is 15.8 Å². The molecule has 1 amide bonds. The quantitative estimate of drug-likeness (QED) is 0.498. The zero-order chi connectivity index (χ0) is 19.7. The van der Waals surface area contributed by atoms with Gasteiger partial charge in [0.1, 0.15) is 5.82 Å². The number of nitrogens with two attached hydrogens (primary N) is 1. The zero-order valence-corrected chi connectivity index (χ0v) is 17.0. The second kappa shape index (κ2) is 11.6. The number of unbranched alkanes of at least 4 members (excludes halogenated alkanes) is 3. The molecule has 0 fully saturated rings. The first kappa shape index (κ1) is 23.9. The third-order valence-corrected chi connectivity index (χ3v) is 5.31. The largest absolute Gasteiger partial charge is 0.330 e. The van der Waals surface area contributed by atoms with Crippen LogP contribution in [0.1, 0.15) is 32.1 Å². The Kier molecular flexibility index (Phi) is 9.92. The van der Waals surface area contributed by atoms with Crippen molar-refractivity contribution in [3.63, 3.8) is 0 Å². The van der Waals surface area contributed by atoms with Gasteiger partial charge in [-0.1, -0.05) is 25.0 Å². The minimum absolute atomic E-state index is 0. The van der Waals surface area contributed by atoms with Crippen molar-refractivity contribution in [1.82, 2.24) is 0 Å². The van der Waals surface area contributed by atoms with Crippen LogP contribution in [0.15, 0.2) is 53.4 Å². The van der Waals surface area contributed by atoms with Gasteiger partial charge in [-0.15, -0.1) is 12.4 Å². The van der Waals surface area contributed by atoms with Crippen LogP contribution in [0.25, 0.3) is 0 Å². The van der Waals surface area contributed by atoms with Crippen molar-refractivity contribution < 1.29 is 17.6 Å². The SMILES string of the molecule is Cl.NCCCCCCC(=O)Nc1ccccc1NS(=O)(=O)c1ccc(F)cc1. The van der Waals surface area contributed by atoms with Crippen molar-refractivity contribution in [1.29, 1.82) is 0 Å². The number of sulfonamides is 1. The van der Waals surface area contributed by atoms with Crippen LogP contribution in [0.3, 0.4) is 0 Å². The standard InChI is InChI=1S/C19H24FN3O3S.ClH/c20-15-10-12-16(13-11-15)27(25,26)23-18-8-5-4-7-17(18)22-19(24)9-3-1-2-6-14-21;/h4-5,7-8,10-13,23H,1-3,6,9,14,21H2,(H,22,24);1H. The number of rotatable bonds is 10. The number of amides is 1. The summed E-state index contributed by atoms with van der Waals surface area (Å²) in [5, 5.41) is 2.73. The number of hydrogen-bond acceptors (Lipinski definition) is 4. The van der Waals surface area contributed by atoms with Gasteiger partial charge < -0.3 is 11.1 Å². The average Bonchev–Trinajstić information content (AvgIpc) is 2.63. The van der Waals surface area contributed by atoms with E-state index in [4.69, 9.17) is 5.73 Å². The fraction of sp³-hybridized carbons (Fsp3) is 0.316. The van der Waals surface area contributed by atoms with Crippen LogP contribution in [0.5, 0.6) is 0 Å². The van der Waals surface area contributed by atoms with Crippen LogP contribution in [0, 0.1) is 5.82 Å². The van der Waals surface area contributed by atoms with E-state index in [2.05, 4.69) is 10.0 Å². The van der Waals surface area contributed by atoms with Gasteiger partial charge in [0.15, 0.2) is 0 Å². The Labute approximate surface area is 171 Å². The molecule has 0 spiro atoms. The molecule has 0 saturated heterocycles. The van der Waals surface area contributed by atoms with Gasteiger partial charge in [-0.3, -0.25) is 9.52 Å². The summed E-state index contributed by atoms with van der Waals surface area (Å²) in [5.74, 6) is -0.704. The first-order chi connectivity index (χ1) is 12.9. The van der Waals surface area contributed by atoms with E-state index in [1.807, 2.05) is 0 Å². The molecule has 6 nitrogen and oxygen atoms in total. The van der Waals surface area contributed by atoms with Crippen molar-refractivity contribution in [2.75, 3.05) is 16.6 Å². The fourth-order valence-corrected chi connectivity index (χ4v) is 3.57. The number of nitrogens with one attached hydrogen (secondary N) is 2. The second-order valence-corrected chi connectivity index (χ2v) is 7.79. The van der Waals surface area contributed by atoms with E-state index in [-0.39, 0.29) is 28.9 Å². The summed E-state index contributed by atoms with van der Waals surface area (Å²) >= 11 is 0. The van der Waals surface area contributed by atoms with Gasteiger partial charge in [0.05, 0.1) is 16.3 Å². The van der Waals surface area contributed by atoms with Gasteiger partial charge in [0.2, 0.25) is 5.91 Å². The summed E-state index contributed by atoms with van der Waals surface area (Å²) < 4.78 is 40.4. The molecule has 0 aliphatic heterocycles. The maximum atomic E-state index is 13.0. The van der Waals surface area contributed by atoms with Gasteiger partial charge in [-0.2, -0.15) is 0 Å². The summed E-state index contributed by atoms with van der Waals surface area (Å²) in [6, 6.07) is 11.0. The number of carbonyl (C=O) groups excluding carboxylic acids is 1. The van der Waals surface area contributed by atoms with E-state index in [0.29, 0.717) is 18.7 Å². The smallest absolute Gasteiger partial charge is 0.261 e. The molecular formula is C19H25ClFN3O3S. The Balaban J connectivity index is 0.00000392. The third kappa shape index (κ3) is 7.46. The van der Waals surface area contributed by atoms with Gasteiger partial charge in [0.25, 0.3) is 10.0 Å². The van der Waals surface area contributed by atoms with Gasteiger partial charge in [-0.25, -0.2) is 12.8 Å². The topological polar surface area (TPSA) is 101 Å². The summed E-state index contributed by atoms with van der Waals surface area (Å²) in [7, 11) is -3.90. The lowest BCUT2D eigenvalue weighted by Gasteiger charge is -2.13. The average molecular weight is 430 g/mol. The van der Waals surface area contributed by atoms with Gasteiger partial charge in [0, 0.05) is 6.42 Å². The number of anilines is 2. The van der Waals surface area contributed by atoms with E-state index >= 15 is 0 Å². The molecule has 2 aromatic rings. The Hall–Kier alpha value is -2.16. The molecule has 154 valence electrons. The van der Waals surface area contributed by atoms with Crippen molar-refractivity contribution in [2.24, 2.45) is 5.73 Å². The molecule has 0 radical (unpaired) electrons. The van der Waals surface area contributed by atoms with Crippen LogP contribution in [-0.4, -0.2) is 20.9 Å². The Bertz CT molecular complexity index is 861. The Morgan fingerprint density at radius 2 is 1.54 bits per heavy atom. The third-order valence-electron chi connectivity index (χ3n) is 3.93. The molecular weight excluding hydrogens is 405 g/mol. The van der Waals surface area contributed by atoms with E-state index < -0.39 is 15.8 Å². The van der Waals surface area contributed by atoms with E-state index in [9.17, 15) is 17.6 Å². The number of halogens is 2. The number of para-hydroxylation sites is 2. The normalized spacial score (nSPS) is 10.8. The van der Waals surface area contributed by atoms with Gasteiger partial charge >= 0.3 is 0 Å². The predicted octanol–water partition coefficient (Wildman–Crippen LogP) is 3.90. The van der Waals surface area contributed by atoms with Crippen molar-refractivity contribution in [3.8, 4) is 0 Å². The summed E-state index contributed by atoms with van der Waals surface area (Å²) in [6.45, 7) is 0.647. The van der Waals surface area contributed by atoms with Crippen molar-refractivity contribution in [3.05, 3.63) is 54.3 Å². The van der Waals surface area contributed by atoms with E-state index in [1.165, 1.54) is 12.1 Å². The minimum Gasteiger partial charge on any atom is -0.330 e. The predicted molar refractivity (Wildman–Crippen MR) is 112 cm³/mol. The first-order valence-corrected chi connectivity index (χ1v) is 10.3. The number of carbonyl (C=O) groups is 1. The molecule has 0 saturated carbocycles. The number of hydrogen-bond donors (Lipinski definition) is 3. The maximum absolute atomic E-state index is 13.0. The van der Waals surface area contributed by atoms with Crippen LogP contribution >= 0.6 is 12.4 Å². The molecule has 0 bridgehead atoms. The molecule has 0 unspecified atom stereocenters. The highest BCUT2D eigenvalue weighted by atomic mass is 35.5. The summed E-state index contributed by atoms with van der Waals surface area (Å²) in [5.41, 5.74) is 6.05. The molecule has 28 heavy (non-hydrogen) atoms. The van der Waals surface area contributed by atoms with Crippen LogP contribution in [0.2, 0.25) is 0 Å². The molecule has 0 aliphatic carbocycles. The molecule has 0 atom stereocenters. The van der Waals surface area contributed by atoms with Crippen LogP contribution in [-0.2, 0) is 14.8 Å². The van der Waals surface area contributed by atoms with Crippen molar-refractivity contribution >= 4 is 39.7 Å². The minimum atomic E-state index is -3.90. The summed E-state index contributed by atoms with van der Waals surface area (Å²) in [6.07, 6.45) is 3.94. The highest BCUT2D eigenvalue weighted by Crippen LogP contribution is 2.25. The van der Waals surface area contributed by atoms with Crippen LogP contribution < -0.4 is 15.8 Å². The second-order valence-electron chi connectivity index (χ2n) is 6.11. The fourth-order valence-electron chi connectivity index (χ4n) is 2.49. The highest BCUT2D eigenvalue weighted by Gasteiger charge is 2.16. The first-order valence-electron chi connectivity index (χ1n) is 8.80. The lowest BCUT2D eigenvalue weighted by molar-refractivity contribution is -0.116. The molecule has 9 heteroatoms. The highest BCUT2D eigenvalue weighted by molar-refractivity contribution is 7.92.